The summed E-state index contributed by atoms with van der Waals surface area (Å²) in [6.45, 7) is 2.31. The Morgan fingerprint density at radius 3 is 2.50 bits per heavy atom. The van der Waals surface area contributed by atoms with E-state index in [2.05, 4.69) is 27.9 Å². The van der Waals surface area contributed by atoms with Crippen molar-refractivity contribution >= 4 is 63.5 Å². The van der Waals surface area contributed by atoms with E-state index in [9.17, 15) is 9.59 Å². The first-order valence-corrected chi connectivity index (χ1v) is 11.9. The highest BCUT2D eigenvalue weighted by Gasteiger charge is 2.34. The molecule has 1 N–H and O–H groups in total. The SMILES string of the molecule is COc1cc(/C=C2\C(=O)NC(=S)N(c3cccc(C)c3)C2=O)ccc1OCc1ccc(I)cc1. The van der Waals surface area contributed by atoms with E-state index in [0.29, 0.717) is 29.4 Å². The van der Waals surface area contributed by atoms with Gasteiger partial charge in [0.05, 0.1) is 12.8 Å². The number of thiocarbonyl (C=S) groups is 1. The van der Waals surface area contributed by atoms with Gasteiger partial charge in [-0.3, -0.25) is 19.8 Å². The van der Waals surface area contributed by atoms with Crippen molar-refractivity contribution in [2.24, 2.45) is 0 Å². The average Bonchev–Trinajstić information content (AvgIpc) is 2.81. The van der Waals surface area contributed by atoms with Crippen LogP contribution >= 0.6 is 34.8 Å². The Morgan fingerprint density at radius 2 is 1.79 bits per heavy atom. The maximum atomic E-state index is 13.2. The number of carbonyl (C=O) groups excluding carboxylic acids is 2. The van der Waals surface area contributed by atoms with Gasteiger partial charge < -0.3 is 9.47 Å². The molecule has 6 nitrogen and oxygen atoms in total. The number of nitrogens with zero attached hydrogens (tertiary/aromatic N) is 1. The largest absolute Gasteiger partial charge is 0.493 e. The van der Waals surface area contributed by atoms with Gasteiger partial charge in [-0.05, 0) is 101 Å². The van der Waals surface area contributed by atoms with E-state index >= 15 is 0 Å². The maximum Gasteiger partial charge on any atom is 0.270 e. The fourth-order valence-corrected chi connectivity index (χ4v) is 4.10. The molecule has 1 fully saturated rings. The minimum Gasteiger partial charge on any atom is -0.493 e. The average molecular weight is 584 g/mol. The Labute approximate surface area is 216 Å². The van der Waals surface area contributed by atoms with Crippen LogP contribution in [0.2, 0.25) is 0 Å². The summed E-state index contributed by atoms with van der Waals surface area (Å²) >= 11 is 7.52. The zero-order chi connectivity index (χ0) is 24.2. The molecule has 1 saturated heterocycles. The number of carbonyl (C=O) groups is 2. The van der Waals surface area contributed by atoms with Crippen molar-refractivity contribution in [3.63, 3.8) is 0 Å². The first-order chi connectivity index (χ1) is 16.4. The number of aryl methyl sites for hydroxylation is 1. The van der Waals surface area contributed by atoms with Crippen LogP contribution in [0.25, 0.3) is 6.08 Å². The number of hydrogen-bond acceptors (Lipinski definition) is 5. The molecule has 3 aromatic carbocycles. The van der Waals surface area contributed by atoms with Gasteiger partial charge in [-0.2, -0.15) is 0 Å². The predicted octanol–water partition coefficient (Wildman–Crippen LogP) is 5.02. The smallest absolute Gasteiger partial charge is 0.270 e. The molecular formula is C26H21IN2O4S. The van der Waals surface area contributed by atoms with Crippen LogP contribution in [0.3, 0.4) is 0 Å². The van der Waals surface area contributed by atoms with Crippen LogP contribution in [0.4, 0.5) is 5.69 Å². The molecule has 0 bridgehead atoms. The number of ether oxygens (including phenoxy) is 2. The molecule has 1 heterocycles. The minimum absolute atomic E-state index is 0.0234. The van der Waals surface area contributed by atoms with Crippen LogP contribution in [-0.4, -0.2) is 24.0 Å². The highest BCUT2D eigenvalue weighted by Crippen LogP contribution is 2.30. The second-order valence-corrected chi connectivity index (χ2v) is 9.25. The van der Waals surface area contributed by atoms with Gasteiger partial charge in [-0.15, -0.1) is 0 Å². The van der Waals surface area contributed by atoms with Gasteiger partial charge in [0.15, 0.2) is 16.6 Å². The molecule has 4 rings (SSSR count). The Kier molecular flexibility index (Phi) is 7.28. The molecule has 0 aliphatic carbocycles. The van der Waals surface area contributed by atoms with Crippen LogP contribution in [0, 0.1) is 10.5 Å². The quantitative estimate of drug-likeness (QED) is 0.191. The van der Waals surface area contributed by atoms with Crippen LogP contribution in [0.5, 0.6) is 11.5 Å². The Hall–Kier alpha value is -3.24. The Balaban J connectivity index is 1.59. The minimum atomic E-state index is -0.545. The molecule has 0 aromatic heterocycles. The topological polar surface area (TPSA) is 67.9 Å². The predicted molar refractivity (Wildman–Crippen MR) is 144 cm³/mol. The molecule has 0 spiro atoms. The van der Waals surface area contributed by atoms with Gasteiger partial charge in [0.1, 0.15) is 12.2 Å². The Bertz CT molecular complexity index is 1300. The third kappa shape index (κ3) is 5.28. The standard InChI is InChI=1S/C26H21IN2O4S/c1-16-4-3-5-20(12-16)29-25(31)21(24(30)28-26(29)34)13-18-8-11-22(23(14-18)32-2)33-15-17-6-9-19(27)10-7-17/h3-14H,15H2,1-2H3,(H,28,30,34)/b21-13+. The number of halogens is 1. The van der Waals surface area contributed by atoms with Gasteiger partial charge in [-0.25, -0.2) is 0 Å². The number of nitrogens with one attached hydrogen (secondary N) is 1. The monoisotopic (exact) mass is 584 g/mol. The molecule has 8 heteroatoms. The van der Waals surface area contributed by atoms with Gasteiger partial charge >= 0.3 is 0 Å². The summed E-state index contributed by atoms with van der Waals surface area (Å²) in [6, 6.07) is 20.7. The summed E-state index contributed by atoms with van der Waals surface area (Å²) in [5, 5.41) is 2.65. The molecule has 34 heavy (non-hydrogen) atoms. The molecule has 0 unspecified atom stereocenters. The molecule has 0 saturated carbocycles. The molecular weight excluding hydrogens is 563 g/mol. The number of rotatable bonds is 6. The van der Waals surface area contributed by atoms with Gasteiger partial charge in [-0.1, -0.05) is 30.3 Å². The van der Waals surface area contributed by atoms with E-state index in [4.69, 9.17) is 21.7 Å². The highest BCUT2D eigenvalue weighted by atomic mass is 127. The fourth-order valence-electron chi connectivity index (χ4n) is 3.46. The van der Waals surface area contributed by atoms with Crippen molar-refractivity contribution in [1.29, 1.82) is 0 Å². The number of hydrogen-bond donors (Lipinski definition) is 1. The first-order valence-electron chi connectivity index (χ1n) is 10.4. The lowest BCUT2D eigenvalue weighted by Gasteiger charge is -2.29. The summed E-state index contributed by atoms with van der Waals surface area (Å²) < 4.78 is 12.6. The lowest BCUT2D eigenvalue weighted by atomic mass is 10.1. The summed E-state index contributed by atoms with van der Waals surface area (Å²) in [5.41, 5.74) is 3.20. The van der Waals surface area contributed by atoms with Crippen LogP contribution < -0.4 is 19.7 Å². The van der Waals surface area contributed by atoms with E-state index in [-0.39, 0.29) is 10.7 Å². The van der Waals surface area contributed by atoms with E-state index in [1.807, 2.05) is 49.4 Å². The number of amides is 2. The summed E-state index contributed by atoms with van der Waals surface area (Å²) in [6.07, 6.45) is 1.52. The fraction of sp³-hybridized carbons (Fsp3) is 0.115. The third-order valence-electron chi connectivity index (χ3n) is 5.17. The van der Waals surface area contributed by atoms with Crippen LogP contribution in [0.1, 0.15) is 16.7 Å². The Morgan fingerprint density at radius 1 is 1.03 bits per heavy atom. The summed E-state index contributed by atoms with van der Waals surface area (Å²) in [5.74, 6) is 0.0223. The lowest BCUT2D eigenvalue weighted by molar-refractivity contribution is -0.122. The van der Waals surface area contributed by atoms with Gasteiger partial charge in [0.2, 0.25) is 0 Å². The van der Waals surface area contributed by atoms with Crippen molar-refractivity contribution in [2.75, 3.05) is 12.0 Å². The zero-order valence-electron chi connectivity index (χ0n) is 18.5. The third-order valence-corrected chi connectivity index (χ3v) is 6.17. The normalized spacial score (nSPS) is 14.9. The number of benzene rings is 3. The van der Waals surface area contributed by atoms with E-state index in [0.717, 1.165) is 14.7 Å². The molecule has 1 aliphatic rings. The maximum absolute atomic E-state index is 13.2. The molecule has 3 aromatic rings. The molecule has 1 aliphatic heterocycles. The lowest BCUT2D eigenvalue weighted by Crippen LogP contribution is -2.54. The van der Waals surface area contributed by atoms with Crippen molar-refractivity contribution in [3.05, 3.63) is 92.6 Å². The van der Waals surface area contributed by atoms with Crippen LogP contribution in [0.15, 0.2) is 72.3 Å². The van der Waals surface area contributed by atoms with Gasteiger partial charge in [0, 0.05) is 3.57 Å². The van der Waals surface area contributed by atoms with Crippen molar-refractivity contribution in [3.8, 4) is 11.5 Å². The molecule has 172 valence electrons. The van der Waals surface area contributed by atoms with Gasteiger partial charge in [0.25, 0.3) is 11.8 Å². The molecule has 0 radical (unpaired) electrons. The second-order valence-electron chi connectivity index (χ2n) is 7.62. The van der Waals surface area contributed by atoms with Crippen molar-refractivity contribution < 1.29 is 19.1 Å². The van der Waals surface area contributed by atoms with E-state index < -0.39 is 11.8 Å². The highest BCUT2D eigenvalue weighted by molar-refractivity contribution is 14.1. The molecule has 0 atom stereocenters. The van der Waals surface area contributed by atoms with Crippen molar-refractivity contribution in [2.45, 2.75) is 13.5 Å². The van der Waals surface area contributed by atoms with Crippen LogP contribution in [-0.2, 0) is 16.2 Å². The van der Waals surface area contributed by atoms with E-state index in [1.165, 1.54) is 11.0 Å². The number of methoxy groups -OCH3 is 1. The summed E-state index contributed by atoms with van der Waals surface area (Å²) in [7, 11) is 1.54. The van der Waals surface area contributed by atoms with Crippen molar-refractivity contribution in [1.82, 2.24) is 5.32 Å². The molecule has 2 amide bonds. The first kappa shape index (κ1) is 23.9. The summed E-state index contributed by atoms with van der Waals surface area (Å²) in [4.78, 5) is 27.1. The van der Waals surface area contributed by atoms with E-state index in [1.54, 1.807) is 31.4 Å². The second kappa shape index (κ2) is 10.4. The zero-order valence-corrected chi connectivity index (χ0v) is 21.5. The number of anilines is 1.